The molecule has 0 bridgehead atoms. The highest BCUT2D eigenvalue weighted by Crippen LogP contribution is 2.38. The molecule has 2 aliphatic carbocycles. The van der Waals surface area contributed by atoms with Gasteiger partial charge in [0.15, 0.2) is 5.82 Å². The first-order valence-corrected chi connectivity index (χ1v) is 14.9. The Morgan fingerprint density at radius 3 is 2.55 bits per heavy atom. The fraction of sp³-hybridized carbons (Fsp3) is 0.448. The van der Waals surface area contributed by atoms with Crippen LogP contribution in [-0.4, -0.2) is 56.2 Å². The van der Waals surface area contributed by atoms with Gasteiger partial charge in [-0.25, -0.2) is 4.39 Å². The molecule has 1 aromatic heterocycles. The third-order valence-corrected chi connectivity index (χ3v) is 9.46. The third-order valence-electron chi connectivity index (χ3n) is 8.21. The van der Waals surface area contributed by atoms with E-state index in [1.54, 1.807) is 12.1 Å². The normalized spacial score (nSPS) is 24.8. The molecular weight excluding hydrogens is 505 g/mol. The number of ether oxygens (including phenoxy) is 1. The van der Waals surface area contributed by atoms with Crippen molar-refractivity contribution in [3.05, 3.63) is 54.3 Å². The average molecular weight is 538 g/mol. The Balaban J connectivity index is 1.11. The number of aromatic nitrogens is 1. The fourth-order valence-corrected chi connectivity index (χ4v) is 6.81. The van der Waals surface area contributed by atoms with Crippen LogP contribution in [0.4, 0.5) is 4.39 Å². The summed E-state index contributed by atoms with van der Waals surface area (Å²) in [4.78, 5) is 18.3. The lowest BCUT2D eigenvalue weighted by Gasteiger charge is -2.39. The number of benzene rings is 2. The molecule has 1 amide bonds. The number of halogens is 1. The summed E-state index contributed by atoms with van der Waals surface area (Å²) in [6, 6.07) is 13.6. The van der Waals surface area contributed by atoms with Gasteiger partial charge in [-0.3, -0.25) is 4.79 Å². The molecule has 0 spiro atoms. The van der Waals surface area contributed by atoms with Crippen LogP contribution in [0.25, 0.3) is 22.2 Å². The number of hydrogen-bond acceptors (Lipinski definition) is 4. The largest absolute Gasteiger partial charge is 0.377 e. The van der Waals surface area contributed by atoms with Gasteiger partial charge in [0.1, 0.15) is 0 Å². The van der Waals surface area contributed by atoms with E-state index in [0.717, 1.165) is 25.7 Å². The van der Waals surface area contributed by atoms with E-state index in [0.29, 0.717) is 47.8 Å². The molecule has 1 N–H and O–H groups in total. The first kappa shape index (κ1) is 25.2. The number of nitrogens with zero attached hydrogens (tertiary/aromatic N) is 2. The maximum absolute atomic E-state index is 15.0. The molecule has 2 aromatic carbocycles. The first-order valence-electron chi connectivity index (χ1n) is 13.5. The Bertz CT molecular complexity index is 1460. The van der Waals surface area contributed by atoms with Crippen molar-refractivity contribution < 1.29 is 22.3 Å². The van der Waals surface area contributed by atoms with E-state index in [4.69, 9.17) is 4.74 Å². The average Bonchev–Trinajstić information content (AvgIpc) is 3.75. The van der Waals surface area contributed by atoms with Gasteiger partial charge < -0.3 is 14.6 Å². The molecule has 0 radical (unpaired) electrons. The maximum Gasteiger partial charge on any atom is 0.282 e. The Hall–Kier alpha value is -3.04. The van der Waals surface area contributed by atoms with Gasteiger partial charge in [0, 0.05) is 29.6 Å². The minimum Gasteiger partial charge on any atom is -0.377 e. The molecule has 0 unspecified atom stereocenters. The lowest BCUT2D eigenvalue weighted by Crippen LogP contribution is -2.52. The zero-order valence-corrected chi connectivity index (χ0v) is 22.0. The molecule has 1 atom stereocenters. The summed E-state index contributed by atoms with van der Waals surface area (Å²) in [5.41, 5.74) is 1.42. The number of nitrogens with one attached hydrogen (secondary N) is 1. The fourth-order valence-electron chi connectivity index (χ4n) is 5.85. The van der Waals surface area contributed by atoms with Crippen LogP contribution in [0.5, 0.6) is 0 Å². The van der Waals surface area contributed by atoms with Crippen LogP contribution >= 0.6 is 0 Å². The van der Waals surface area contributed by atoms with E-state index >= 15 is 0 Å². The minimum absolute atomic E-state index is 0.00842. The summed E-state index contributed by atoms with van der Waals surface area (Å²) in [6.07, 6.45) is 6.81. The van der Waals surface area contributed by atoms with Crippen LogP contribution in [0.1, 0.15) is 38.5 Å². The number of morpholine rings is 1. The Kier molecular flexibility index (Phi) is 6.82. The highest BCUT2D eigenvalue weighted by atomic mass is 32.2. The van der Waals surface area contributed by atoms with Crippen LogP contribution in [0.3, 0.4) is 0 Å². The van der Waals surface area contributed by atoms with Gasteiger partial charge in [-0.2, -0.15) is 12.8 Å². The van der Waals surface area contributed by atoms with Crippen LogP contribution in [0.15, 0.2) is 57.8 Å². The second kappa shape index (κ2) is 10.3. The van der Waals surface area contributed by atoms with Gasteiger partial charge in [-0.05, 0) is 68.6 Å². The van der Waals surface area contributed by atoms with Crippen molar-refractivity contribution in [1.82, 2.24) is 9.88 Å². The van der Waals surface area contributed by atoms with Crippen molar-refractivity contribution in [3.8, 4) is 11.3 Å². The molecular formula is C29H32FN3O4S. The summed E-state index contributed by atoms with van der Waals surface area (Å²) in [5.74, 6) is 0.397. The van der Waals surface area contributed by atoms with Gasteiger partial charge in [0.2, 0.25) is 5.91 Å². The molecule has 7 nitrogen and oxygen atoms in total. The number of aromatic amines is 1. The molecule has 2 saturated carbocycles. The molecule has 9 heteroatoms. The number of carbonyl (C=O) groups is 1. The zero-order valence-electron chi connectivity index (χ0n) is 21.2. The highest BCUT2D eigenvalue weighted by molar-refractivity contribution is 7.90. The van der Waals surface area contributed by atoms with Crippen molar-refractivity contribution in [3.63, 3.8) is 0 Å². The number of carbonyl (C=O) groups excluding carboxylic acids is 1. The number of fused-ring (bicyclic) bond motifs is 1. The van der Waals surface area contributed by atoms with E-state index in [1.807, 2.05) is 23.1 Å². The SMILES string of the molecule is O=C(C1CCC(C=NS(=O)(=O)c2ccc3c(F)c(-c4ccccc4)[nH]c3c2)CC1)N1CCOC[C@@H]1C1CC1. The zero-order chi connectivity index (χ0) is 26.3. The van der Waals surface area contributed by atoms with Crippen molar-refractivity contribution in [2.24, 2.45) is 22.2 Å². The molecule has 3 aromatic rings. The van der Waals surface area contributed by atoms with Gasteiger partial charge in [-0.1, -0.05) is 30.3 Å². The van der Waals surface area contributed by atoms with Gasteiger partial charge in [0.25, 0.3) is 10.0 Å². The second-order valence-electron chi connectivity index (χ2n) is 10.7. The number of H-pyrrole nitrogens is 1. The summed E-state index contributed by atoms with van der Waals surface area (Å²) < 4.78 is 50.5. The quantitative estimate of drug-likeness (QED) is 0.439. The first-order chi connectivity index (χ1) is 18.4. The number of rotatable bonds is 6. The number of hydrogen-bond donors (Lipinski definition) is 1. The predicted octanol–water partition coefficient (Wildman–Crippen LogP) is 5.18. The van der Waals surface area contributed by atoms with E-state index in [9.17, 15) is 17.6 Å². The summed E-state index contributed by atoms with van der Waals surface area (Å²) in [7, 11) is -3.94. The number of amides is 1. The summed E-state index contributed by atoms with van der Waals surface area (Å²) >= 11 is 0. The maximum atomic E-state index is 15.0. The van der Waals surface area contributed by atoms with Crippen molar-refractivity contribution in [2.45, 2.75) is 49.5 Å². The standard InChI is InChI=1S/C29H32FN3O4S/c30-27-24-13-12-23(16-25(24)32-28(27)21-4-2-1-3-5-21)38(35,36)31-17-19-6-8-22(9-7-19)29(34)33-14-15-37-18-26(33)20-10-11-20/h1-5,12-13,16-17,19-20,22,26,32H,6-11,14-15,18H2/t19?,22?,26-/m1/s1. The highest BCUT2D eigenvalue weighted by Gasteiger charge is 2.41. The van der Waals surface area contributed by atoms with Gasteiger partial charge in [-0.15, -0.1) is 0 Å². The van der Waals surface area contributed by atoms with E-state index in [1.165, 1.54) is 37.3 Å². The third kappa shape index (κ3) is 5.01. The molecule has 2 heterocycles. The monoisotopic (exact) mass is 537 g/mol. The van der Waals surface area contributed by atoms with Gasteiger partial charge in [0.05, 0.1) is 35.4 Å². The molecule has 200 valence electrons. The van der Waals surface area contributed by atoms with Crippen LogP contribution in [0, 0.1) is 23.6 Å². The molecule has 3 aliphatic rings. The topological polar surface area (TPSA) is 91.8 Å². The Morgan fingerprint density at radius 2 is 1.82 bits per heavy atom. The lowest BCUT2D eigenvalue weighted by atomic mass is 9.81. The van der Waals surface area contributed by atoms with E-state index in [2.05, 4.69) is 9.38 Å². The molecule has 1 saturated heterocycles. The van der Waals surface area contributed by atoms with Crippen molar-refractivity contribution >= 4 is 33.0 Å². The minimum atomic E-state index is -3.94. The Morgan fingerprint density at radius 1 is 1.05 bits per heavy atom. The smallest absolute Gasteiger partial charge is 0.282 e. The second-order valence-corrected chi connectivity index (χ2v) is 12.4. The van der Waals surface area contributed by atoms with Crippen LogP contribution in [-0.2, 0) is 19.6 Å². The van der Waals surface area contributed by atoms with Crippen LogP contribution < -0.4 is 0 Å². The molecule has 1 aliphatic heterocycles. The summed E-state index contributed by atoms with van der Waals surface area (Å²) in [6.45, 7) is 1.91. The van der Waals surface area contributed by atoms with Gasteiger partial charge >= 0.3 is 0 Å². The Labute approximate surface area is 222 Å². The molecule has 6 rings (SSSR count). The van der Waals surface area contributed by atoms with E-state index < -0.39 is 15.8 Å². The molecule has 38 heavy (non-hydrogen) atoms. The predicted molar refractivity (Wildman–Crippen MR) is 144 cm³/mol. The van der Waals surface area contributed by atoms with Crippen molar-refractivity contribution in [1.29, 1.82) is 0 Å². The van der Waals surface area contributed by atoms with E-state index in [-0.39, 0.29) is 28.7 Å². The van der Waals surface area contributed by atoms with Crippen LogP contribution in [0.2, 0.25) is 0 Å². The van der Waals surface area contributed by atoms with Crippen molar-refractivity contribution in [2.75, 3.05) is 19.8 Å². The number of sulfonamides is 1. The summed E-state index contributed by atoms with van der Waals surface area (Å²) in [5, 5.41) is 0.332. The molecule has 3 fully saturated rings. The lowest BCUT2D eigenvalue weighted by molar-refractivity contribution is -0.146.